The van der Waals surface area contributed by atoms with Gasteiger partial charge >= 0.3 is 0 Å². The zero-order chi connectivity index (χ0) is 21.3. The van der Waals surface area contributed by atoms with Gasteiger partial charge in [0.15, 0.2) is 0 Å². The molecule has 0 bridgehead atoms. The summed E-state index contributed by atoms with van der Waals surface area (Å²) in [5.74, 6) is 1.57. The summed E-state index contributed by atoms with van der Waals surface area (Å²) in [7, 11) is 0. The van der Waals surface area contributed by atoms with Gasteiger partial charge in [0.05, 0.1) is 17.9 Å². The first kappa shape index (κ1) is 20.7. The van der Waals surface area contributed by atoms with Crippen molar-refractivity contribution in [3.05, 3.63) is 78.4 Å². The van der Waals surface area contributed by atoms with Gasteiger partial charge in [0.2, 0.25) is 5.91 Å². The summed E-state index contributed by atoms with van der Waals surface area (Å²) < 4.78 is 11.3. The maximum absolute atomic E-state index is 12.6. The topological polar surface area (TPSA) is 83.4 Å². The molecule has 1 atom stereocenters. The van der Waals surface area contributed by atoms with Crippen LogP contribution >= 0.6 is 0 Å². The van der Waals surface area contributed by atoms with Crippen molar-refractivity contribution in [2.24, 2.45) is 0 Å². The number of nitriles is 1. The molecule has 0 saturated carbocycles. The molecule has 3 aromatic carbocycles. The molecule has 0 saturated heterocycles. The Morgan fingerprint density at radius 2 is 1.67 bits per heavy atom. The Morgan fingerprint density at radius 3 is 2.37 bits per heavy atom. The van der Waals surface area contributed by atoms with Gasteiger partial charge in [0, 0.05) is 5.69 Å². The van der Waals surface area contributed by atoms with Crippen LogP contribution in [0.25, 0.3) is 0 Å². The molecule has 152 valence electrons. The summed E-state index contributed by atoms with van der Waals surface area (Å²) in [5.41, 5.74) is 1.88. The Kier molecular flexibility index (Phi) is 6.91. The second-order valence-electron chi connectivity index (χ2n) is 6.52. The lowest BCUT2D eigenvalue weighted by Gasteiger charge is -2.17. The highest BCUT2D eigenvalue weighted by atomic mass is 16.5. The normalized spacial score (nSPS) is 11.1. The number of amides is 1. The molecule has 3 aromatic rings. The fraction of sp³-hybridized carbons (Fsp3) is 0.167. The van der Waals surface area contributed by atoms with Crippen LogP contribution in [0.4, 0.5) is 11.4 Å². The predicted molar refractivity (Wildman–Crippen MR) is 117 cm³/mol. The molecule has 3 rings (SSSR count). The van der Waals surface area contributed by atoms with Gasteiger partial charge in [-0.2, -0.15) is 5.26 Å². The smallest absolute Gasteiger partial charge is 0.246 e. The summed E-state index contributed by atoms with van der Waals surface area (Å²) in [6.07, 6.45) is 0. The first-order valence-corrected chi connectivity index (χ1v) is 9.67. The van der Waals surface area contributed by atoms with Crippen molar-refractivity contribution in [1.82, 2.24) is 0 Å². The zero-order valence-electron chi connectivity index (χ0n) is 16.9. The van der Waals surface area contributed by atoms with Crippen LogP contribution in [0.2, 0.25) is 0 Å². The fourth-order valence-electron chi connectivity index (χ4n) is 2.80. The van der Waals surface area contributed by atoms with Crippen LogP contribution in [0.1, 0.15) is 19.4 Å². The maximum atomic E-state index is 12.6. The summed E-state index contributed by atoms with van der Waals surface area (Å²) in [4.78, 5) is 12.6. The lowest BCUT2D eigenvalue weighted by molar-refractivity contribution is -0.116. The number of carbonyl (C=O) groups excluding carboxylic acids is 1. The average molecular weight is 401 g/mol. The number of anilines is 2. The van der Waals surface area contributed by atoms with Crippen molar-refractivity contribution < 1.29 is 14.3 Å². The third kappa shape index (κ3) is 5.30. The Hall–Kier alpha value is -3.98. The van der Waals surface area contributed by atoms with Crippen molar-refractivity contribution in [1.29, 1.82) is 5.26 Å². The molecule has 0 radical (unpaired) electrons. The van der Waals surface area contributed by atoms with E-state index in [4.69, 9.17) is 14.7 Å². The van der Waals surface area contributed by atoms with Crippen LogP contribution in [0.15, 0.2) is 72.8 Å². The van der Waals surface area contributed by atoms with Crippen LogP contribution < -0.4 is 20.1 Å². The molecule has 0 aliphatic heterocycles. The van der Waals surface area contributed by atoms with Crippen LogP contribution in [0.5, 0.6) is 17.2 Å². The van der Waals surface area contributed by atoms with Gasteiger partial charge in [-0.1, -0.05) is 24.3 Å². The zero-order valence-corrected chi connectivity index (χ0v) is 16.9. The largest absolute Gasteiger partial charge is 0.492 e. The minimum atomic E-state index is -0.467. The predicted octanol–water partition coefficient (Wildman–Crippen LogP) is 5.19. The Labute approximate surface area is 176 Å². The molecule has 0 aromatic heterocycles. The minimum Gasteiger partial charge on any atom is -0.492 e. The number of hydrogen-bond acceptors (Lipinski definition) is 5. The van der Waals surface area contributed by atoms with Crippen molar-refractivity contribution in [3.8, 4) is 23.3 Å². The number of nitrogens with zero attached hydrogens (tertiary/aromatic N) is 1. The van der Waals surface area contributed by atoms with Crippen LogP contribution in [0.3, 0.4) is 0 Å². The van der Waals surface area contributed by atoms with Gasteiger partial charge in [0.1, 0.15) is 29.4 Å². The van der Waals surface area contributed by atoms with Gasteiger partial charge in [-0.3, -0.25) is 4.79 Å². The number of rotatable bonds is 8. The monoisotopic (exact) mass is 401 g/mol. The van der Waals surface area contributed by atoms with Gasteiger partial charge < -0.3 is 20.1 Å². The lowest BCUT2D eigenvalue weighted by Crippen LogP contribution is -2.32. The molecule has 0 spiro atoms. The highest BCUT2D eigenvalue weighted by Gasteiger charge is 2.15. The first-order valence-electron chi connectivity index (χ1n) is 9.67. The third-order valence-electron chi connectivity index (χ3n) is 4.31. The van der Waals surface area contributed by atoms with Crippen LogP contribution in [0, 0.1) is 11.3 Å². The van der Waals surface area contributed by atoms with E-state index in [1.807, 2.05) is 43.3 Å². The molecular weight excluding hydrogens is 378 g/mol. The third-order valence-corrected chi connectivity index (χ3v) is 4.31. The Balaban J connectivity index is 1.61. The first-order chi connectivity index (χ1) is 14.6. The number of ether oxygens (including phenoxy) is 2. The number of nitrogens with one attached hydrogen (secondary N) is 2. The van der Waals surface area contributed by atoms with E-state index in [2.05, 4.69) is 16.7 Å². The van der Waals surface area contributed by atoms with Crippen LogP contribution in [-0.2, 0) is 4.79 Å². The van der Waals surface area contributed by atoms with E-state index in [0.29, 0.717) is 35.1 Å². The number of hydrogen-bond donors (Lipinski definition) is 2. The van der Waals surface area contributed by atoms with E-state index in [1.54, 1.807) is 43.3 Å². The lowest BCUT2D eigenvalue weighted by atomic mass is 10.2. The summed E-state index contributed by atoms with van der Waals surface area (Å²) in [6.45, 7) is 4.20. The van der Waals surface area contributed by atoms with E-state index in [0.717, 1.165) is 5.69 Å². The minimum absolute atomic E-state index is 0.176. The van der Waals surface area contributed by atoms with Gasteiger partial charge in [-0.05, 0) is 62.4 Å². The van der Waals surface area contributed by atoms with Gasteiger partial charge in [-0.25, -0.2) is 0 Å². The molecule has 2 N–H and O–H groups in total. The van der Waals surface area contributed by atoms with Crippen molar-refractivity contribution in [2.75, 3.05) is 17.2 Å². The molecular formula is C24H23N3O3. The fourth-order valence-corrected chi connectivity index (χ4v) is 2.80. The van der Waals surface area contributed by atoms with Crippen molar-refractivity contribution >= 4 is 17.3 Å². The van der Waals surface area contributed by atoms with Gasteiger partial charge in [0.25, 0.3) is 0 Å². The van der Waals surface area contributed by atoms with E-state index < -0.39 is 6.04 Å². The molecule has 6 heteroatoms. The van der Waals surface area contributed by atoms with E-state index in [1.165, 1.54) is 0 Å². The highest BCUT2D eigenvalue weighted by molar-refractivity contribution is 5.97. The standard InChI is InChI=1S/C24H23N3O3/c1-3-29-23-11-7-5-9-21(23)27-24(28)17(2)26-19-12-14-20(15-13-19)30-22-10-6-4-8-18(22)16-25/h4-15,17,26H,3H2,1-2H3,(H,27,28). The molecule has 0 aliphatic carbocycles. The molecule has 1 unspecified atom stereocenters. The molecule has 1 amide bonds. The highest BCUT2D eigenvalue weighted by Crippen LogP contribution is 2.26. The quantitative estimate of drug-likeness (QED) is 0.543. The Bertz CT molecular complexity index is 1040. The summed E-state index contributed by atoms with van der Waals surface area (Å²) in [5, 5.41) is 15.2. The molecule has 0 aliphatic rings. The maximum Gasteiger partial charge on any atom is 0.246 e. The molecule has 6 nitrogen and oxygen atoms in total. The summed E-state index contributed by atoms with van der Waals surface area (Å²) >= 11 is 0. The van der Waals surface area contributed by atoms with Crippen molar-refractivity contribution in [2.45, 2.75) is 19.9 Å². The second-order valence-corrected chi connectivity index (χ2v) is 6.52. The Morgan fingerprint density at radius 1 is 1.00 bits per heavy atom. The second kappa shape index (κ2) is 9.99. The average Bonchev–Trinajstić information content (AvgIpc) is 2.77. The number of carbonyl (C=O) groups is 1. The molecule has 0 heterocycles. The number of para-hydroxylation sites is 3. The van der Waals surface area contributed by atoms with E-state index in [9.17, 15) is 4.79 Å². The summed E-state index contributed by atoms with van der Waals surface area (Å²) in [6, 6.07) is 23.2. The van der Waals surface area contributed by atoms with Gasteiger partial charge in [-0.15, -0.1) is 0 Å². The van der Waals surface area contributed by atoms with E-state index >= 15 is 0 Å². The van der Waals surface area contributed by atoms with Crippen molar-refractivity contribution in [3.63, 3.8) is 0 Å². The van der Waals surface area contributed by atoms with Crippen LogP contribution in [-0.4, -0.2) is 18.6 Å². The number of benzene rings is 3. The SMILES string of the molecule is CCOc1ccccc1NC(=O)C(C)Nc1ccc(Oc2ccccc2C#N)cc1. The molecule has 30 heavy (non-hydrogen) atoms. The van der Waals surface area contributed by atoms with E-state index in [-0.39, 0.29) is 5.91 Å². The molecule has 0 fully saturated rings.